The quantitative estimate of drug-likeness (QED) is 0.342. The minimum Gasteiger partial charge on any atom is -0.489 e. The molecule has 4 aromatic rings. The Morgan fingerprint density at radius 3 is 2.25 bits per heavy atom. The van der Waals surface area contributed by atoms with Gasteiger partial charge in [0.1, 0.15) is 12.4 Å². The molecule has 0 spiro atoms. The van der Waals surface area contributed by atoms with E-state index in [1.54, 1.807) is 0 Å². The minimum absolute atomic E-state index is 0.220. The number of carbonyl (C=O) groups is 1. The van der Waals surface area contributed by atoms with Crippen molar-refractivity contribution in [1.82, 2.24) is 9.78 Å². The molecular weight excluding hydrogens is 400 g/mol. The van der Waals surface area contributed by atoms with Gasteiger partial charge in [-0.05, 0) is 35.2 Å². The predicted molar refractivity (Wildman–Crippen MR) is 124 cm³/mol. The van der Waals surface area contributed by atoms with Crippen LogP contribution in [0.2, 0.25) is 0 Å². The minimum atomic E-state index is -0.220. The van der Waals surface area contributed by atoms with Gasteiger partial charge in [0.2, 0.25) is 0 Å². The average molecular weight is 427 g/mol. The van der Waals surface area contributed by atoms with Crippen molar-refractivity contribution in [2.45, 2.75) is 26.0 Å². The topological polar surface area (TPSA) is 53.4 Å². The molecule has 0 saturated heterocycles. The van der Waals surface area contributed by atoms with Gasteiger partial charge in [-0.3, -0.25) is 9.48 Å². The van der Waals surface area contributed by atoms with Crippen molar-refractivity contribution >= 4 is 5.97 Å². The second-order valence-corrected chi connectivity index (χ2v) is 7.56. The molecule has 0 N–H and O–H groups in total. The third kappa shape index (κ3) is 5.64. The first-order valence-electron chi connectivity index (χ1n) is 10.7. The van der Waals surface area contributed by atoms with Gasteiger partial charge in [-0.15, -0.1) is 0 Å². The average Bonchev–Trinajstić information content (AvgIpc) is 3.26. The summed E-state index contributed by atoms with van der Waals surface area (Å²) in [5.41, 5.74) is 5.23. The van der Waals surface area contributed by atoms with Gasteiger partial charge < -0.3 is 9.47 Å². The Morgan fingerprint density at radius 2 is 1.56 bits per heavy atom. The summed E-state index contributed by atoms with van der Waals surface area (Å²) in [5, 5.41) is 4.81. The van der Waals surface area contributed by atoms with Crippen LogP contribution in [-0.4, -0.2) is 22.9 Å². The number of ether oxygens (including phenoxy) is 2. The Labute approximate surface area is 188 Å². The molecule has 5 heteroatoms. The predicted octanol–water partition coefficient (Wildman–Crippen LogP) is 5.28. The first-order valence-corrected chi connectivity index (χ1v) is 10.7. The van der Waals surface area contributed by atoms with Crippen molar-refractivity contribution in [3.05, 3.63) is 108 Å². The van der Waals surface area contributed by atoms with Crippen LogP contribution in [0.15, 0.2) is 91.1 Å². The fourth-order valence-corrected chi connectivity index (χ4v) is 3.52. The molecule has 0 unspecified atom stereocenters. The second kappa shape index (κ2) is 10.4. The zero-order chi connectivity index (χ0) is 22.2. The van der Waals surface area contributed by atoms with E-state index in [1.807, 2.05) is 83.7 Å². The summed E-state index contributed by atoms with van der Waals surface area (Å²) in [6, 6.07) is 28.2. The molecule has 0 fully saturated rings. The van der Waals surface area contributed by atoms with E-state index in [4.69, 9.17) is 14.6 Å². The van der Waals surface area contributed by atoms with Crippen LogP contribution in [0, 0.1) is 0 Å². The van der Waals surface area contributed by atoms with Gasteiger partial charge in [0, 0.05) is 18.2 Å². The van der Waals surface area contributed by atoms with Gasteiger partial charge in [-0.1, -0.05) is 72.8 Å². The summed E-state index contributed by atoms with van der Waals surface area (Å²) in [4.78, 5) is 11.6. The lowest BCUT2D eigenvalue weighted by atomic mass is 10.0. The van der Waals surface area contributed by atoms with Crippen LogP contribution in [0.4, 0.5) is 0 Å². The van der Waals surface area contributed by atoms with Crippen LogP contribution in [0.25, 0.3) is 11.3 Å². The molecule has 4 rings (SSSR count). The number of hydrogen-bond acceptors (Lipinski definition) is 4. The van der Waals surface area contributed by atoms with E-state index in [-0.39, 0.29) is 5.97 Å². The molecule has 0 atom stereocenters. The van der Waals surface area contributed by atoms with Gasteiger partial charge in [0.05, 0.1) is 19.3 Å². The number of aromatic nitrogens is 2. The van der Waals surface area contributed by atoms with E-state index in [1.165, 1.54) is 7.11 Å². The van der Waals surface area contributed by atoms with Gasteiger partial charge in [0.25, 0.3) is 0 Å². The number of carbonyl (C=O) groups excluding carboxylic acids is 1. The summed E-state index contributed by atoms with van der Waals surface area (Å²) >= 11 is 0. The fourth-order valence-electron chi connectivity index (χ4n) is 3.52. The molecule has 0 aliphatic rings. The van der Waals surface area contributed by atoms with E-state index >= 15 is 0 Å². The molecule has 1 aromatic heterocycles. The molecule has 0 amide bonds. The van der Waals surface area contributed by atoms with Crippen LogP contribution in [0.5, 0.6) is 5.75 Å². The third-order valence-corrected chi connectivity index (χ3v) is 5.23. The van der Waals surface area contributed by atoms with Crippen molar-refractivity contribution in [3.8, 4) is 17.0 Å². The maximum absolute atomic E-state index is 11.6. The number of nitrogens with zero attached hydrogens (tertiary/aromatic N) is 2. The zero-order valence-corrected chi connectivity index (χ0v) is 18.1. The number of esters is 1. The Morgan fingerprint density at radius 1 is 0.875 bits per heavy atom. The SMILES string of the molecule is COC(=O)CCc1cn(Cc2ccc(OCc3ccccc3)cc2)nc1-c1ccccc1. The maximum atomic E-state index is 11.6. The summed E-state index contributed by atoms with van der Waals surface area (Å²) in [6.07, 6.45) is 2.93. The van der Waals surface area contributed by atoms with E-state index in [0.29, 0.717) is 26.0 Å². The Balaban J connectivity index is 1.46. The van der Waals surface area contributed by atoms with Crippen LogP contribution in [-0.2, 0) is 29.1 Å². The fraction of sp³-hybridized carbons (Fsp3) is 0.185. The first kappa shape index (κ1) is 21.4. The van der Waals surface area contributed by atoms with E-state index in [0.717, 1.165) is 33.7 Å². The zero-order valence-electron chi connectivity index (χ0n) is 18.1. The highest BCUT2D eigenvalue weighted by atomic mass is 16.5. The molecule has 32 heavy (non-hydrogen) atoms. The van der Waals surface area contributed by atoms with Crippen LogP contribution >= 0.6 is 0 Å². The maximum Gasteiger partial charge on any atom is 0.305 e. The molecule has 1 heterocycles. The molecule has 0 saturated carbocycles. The molecule has 3 aromatic carbocycles. The molecule has 162 valence electrons. The Bertz CT molecular complexity index is 1140. The number of rotatable bonds is 9. The summed E-state index contributed by atoms with van der Waals surface area (Å²) in [7, 11) is 1.41. The van der Waals surface area contributed by atoms with Gasteiger partial charge in [-0.25, -0.2) is 0 Å². The van der Waals surface area contributed by atoms with Crippen molar-refractivity contribution in [1.29, 1.82) is 0 Å². The van der Waals surface area contributed by atoms with Crippen molar-refractivity contribution < 1.29 is 14.3 Å². The number of aryl methyl sites for hydroxylation is 1. The lowest BCUT2D eigenvalue weighted by Gasteiger charge is -2.07. The molecule has 0 bridgehead atoms. The van der Waals surface area contributed by atoms with Crippen LogP contribution < -0.4 is 4.74 Å². The van der Waals surface area contributed by atoms with Crippen molar-refractivity contribution in [3.63, 3.8) is 0 Å². The standard InChI is InChI=1S/C27H26N2O3/c1-31-26(30)17-14-24-19-29(28-27(24)23-10-6-3-7-11-23)18-21-12-15-25(16-13-21)32-20-22-8-4-2-5-9-22/h2-13,15-16,19H,14,17-18,20H2,1H3. The van der Waals surface area contributed by atoms with Crippen LogP contribution in [0.3, 0.4) is 0 Å². The van der Waals surface area contributed by atoms with Gasteiger partial charge in [0.15, 0.2) is 0 Å². The molecule has 0 radical (unpaired) electrons. The monoisotopic (exact) mass is 426 g/mol. The molecule has 5 nitrogen and oxygen atoms in total. The lowest BCUT2D eigenvalue weighted by Crippen LogP contribution is -2.02. The third-order valence-electron chi connectivity index (χ3n) is 5.23. The van der Waals surface area contributed by atoms with Crippen LogP contribution in [0.1, 0.15) is 23.1 Å². The molecular formula is C27H26N2O3. The normalized spacial score (nSPS) is 10.7. The Hall–Kier alpha value is -3.86. The largest absolute Gasteiger partial charge is 0.489 e. The smallest absolute Gasteiger partial charge is 0.305 e. The highest BCUT2D eigenvalue weighted by Crippen LogP contribution is 2.24. The summed E-state index contributed by atoms with van der Waals surface area (Å²) in [6.45, 7) is 1.18. The molecule has 0 aliphatic carbocycles. The van der Waals surface area contributed by atoms with Crippen molar-refractivity contribution in [2.75, 3.05) is 7.11 Å². The van der Waals surface area contributed by atoms with E-state index in [9.17, 15) is 4.79 Å². The van der Waals surface area contributed by atoms with Crippen molar-refractivity contribution in [2.24, 2.45) is 0 Å². The molecule has 0 aliphatic heterocycles. The van der Waals surface area contributed by atoms with Gasteiger partial charge in [-0.2, -0.15) is 5.10 Å². The lowest BCUT2D eigenvalue weighted by molar-refractivity contribution is -0.140. The highest BCUT2D eigenvalue weighted by molar-refractivity contribution is 5.70. The Kier molecular flexibility index (Phi) is 6.98. The first-order chi connectivity index (χ1) is 15.7. The number of methoxy groups -OCH3 is 1. The highest BCUT2D eigenvalue weighted by Gasteiger charge is 2.13. The summed E-state index contributed by atoms with van der Waals surface area (Å²) in [5.74, 6) is 0.615. The van der Waals surface area contributed by atoms with Gasteiger partial charge >= 0.3 is 5.97 Å². The number of benzene rings is 3. The summed E-state index contributed by atoms with van der Waals surface area (Å²) < 4.78 is 12.6. The second-order valence-electron chi connectivity index (χ2n) is 7.56. The van der Waals surface area contributed by atoms with E-state index < -0.39 is 0 Å². The number of hydrogen-bond donors (Lipinski definition) is 0. The van der Waals surface area contributed by atoms with E-state index in [2.05, 4.69) is 12.1 Å².